The Balaban J connectivity index is 3.14. The molecule has 0 bridgehead atoms. The summed E-state index contributed by atoms with van der Waals surface area (Å²) in [5.74, 6) is 0. The topological polar surface area (TPSA) is 52.0 Å². The van der Waals surface area contributed by atoms with Gasteiger partial charge in [-0.25, -0.2) is 0 Å². The molecule has 1 aromatic rings. The number of halogens is 1. The third-order valence-electron chi connectivity index (χ3n) is 1.18. The molecule has 1 aromatic carbocycles. The quantitative estimate of drug-likeness (QED) is 0.574. The summed E-state index contributed by atoms with van der Waals surface area (Å²) in [7, 11) is 0. The molecule has 2 nitrogen and oxygen atoms in total. The van der Waals surface area contributed by atoms with Gasteiger partial charge >= 0.3 is 72.8 Å². The molecule has 4 N–H and O–H groups in total. The van der Waals surface area contributed by atoms with E-state index in [-0.39, 0.29) is 13.1 Å². The summed E-state index contributed by atoms with van der Waals surface area (Å²) in [6, 6.07) is 5.68. The van der Waals surface area contributed by atoms with Crippen molar-refractivity contribution < 1.29 is 0 Å². The first-order valence-corrected chi connectivity index (χ1v) is 7.55. The van der Waals surface area contributed by atoms with Gasteiger partial charge in [-0.2, -0.15) is 0 Å². The Hall–Kier alpha value is -0.181. The molecule has 0 saturated heterocycles. The minimum absolute atomic E-state index is 0.256. The standard InChI is InChI=1S/C6H7BrN2Se/c7-10-5-3-1-2-4(8)6(5)9/h1-3H,8-9H2. The van der Waals surface area contributed by atoms with Gasteiger partial charge in [0.05, 0.1) is 0 Å². The van der Waals surface area contributed by atoms with Crippen LogP contribution in [0.5, 0.6) is 0 Å². The molecule has 0 aliphatic carbocycles. The summed E-state index contributed by atoms with van der Waals surface area (Å²) in [6.45, 7) is 0. The maximum absolute atomic E-state index is 5.65. The molecular formula is C6H7BrN2Se. The van der Waals surface area contributed by atoms with E-state index in [2.05, 4.69) is 14.1 Å². The number of nitrogens with two attached hydrogens (primary N) is 2. The SMILES string of the molecule is Nc1cccc([Se]Br)c1N. The second kappa shape index (κ2) is 3.28. The third-order valence-corrected chi connectivity index (χ3v) is 4.09. The average Bonchev–Trinajstić information content (AvgIpc) is 1.95. The number of anilines is 2. The van der Waals surface area contributed by atoms with Gasteiger partial charge in [-0.1, -0.05) is 0 Å². The molecule has 4 heteroatoms. The number of rotatable bonds is 1. The molecule has 0 unspecified atom stereocenters. The average molecular weight is 266 g/mol. The molecule has 0 aliphatic heterocycles. The van der Waals surface area contributed by atoms with Crippen LogP contribution in [0.4, 0.5) is 11.4 Å². The summed E-state index contributed by atoms with van der Waals surface area (Å²) in [5, 5.41) is 0. The molecule has 0 spiro atoms. The van der Waals surface area contributed by atoms with Crippen molar-refractivity contribution in [3.8, 4) is 0 Å². The number of hydrogen-bond acceptors (Lipinski definition) is 2. The van der Waals surface area contributed by atoms with Crippen molar-refractivity contribution in [2.24, 2.45) is 0 Å². The van der Waals surface area contributed by atoms with E-state index in [0.29, 0.717) is 11.4 Å². The molecule has 0 heterocycles. The van der Waals surface area contributed by atoms with E-state index >= 15 is 0 Å². The molecular weight excluding hydrogens is 259 g/mol. The first kappa shape index (κ1) is 7.92. The van der Waals surface area contributed by atoms with Crippen LogP contribution in [0.2, 0.25) is 0 Å². The van der Waals surface area contributed by atoms with Crippen molar-refractivity contribution in [1.82, 2.24) is 0 Å². The van der Waals surface area contributed by atoms with Gasteiger partial charge in [0.2, 0.25) is 0 Å². The molecule has 0 aliphatic rings. The molecule has 1 rings (SSSR count). The Kier molecular flexibility index (Phi) is 2.60. The summed E-state index contributed by atoms with van der Waals surface area (Å²) >= 11 is 3.63. The summed E-state index contributed by atoms with van der Waals surface area (Å²) in [4.78, 5) is 0. The number of para-hydroxylation sites is 1. The zero-order valence-electron chi connectivity index (χ0n) is 5.17. The van der Waals surface area contributed by atoms with Crippen LogP contribution in [0, 0.1) is 0 Å². The first-order valence-electron chi connectivity index (χ1n) is 2.68. The first-order chi connectivity index (χ1) is 4.75. The summed E-state index contributed by atoms with van der Waals surface area (Å²) < 4.78 is 1.10. The van der Waals surface area contributed by atoms with Crippen LogP contribution in [0.3, 0.4) is 0 Å². The molecule has 0 aromatic heterocycles. The summed E-state index contributed by atoms with van der Waals surface area (Å²) in [6.07, 6.45) is 0. The van der Waals surface area contributed by atoms with Gasteiger partial charge in [0.15, 0.2) is 0 Å². The van der Waals surface area contributed by atoms with Crippen molar-refractivity contribution in [2.45, 2.75) is 0 Å². The van der Waals surface area contributed by atoms with E-state index in [1.807, 2.05) is 12.1 Å². The van der Waals surface area contributed by atoms with Gasteiger partial charge in [0.25, 0.3) is 0 Å². The van der Waals surface area contributed by atoms with Crippen LogP contribution in [-0.2, 0) is 0 Å². The van der Waals surface area contributed by atoms with Crippen LogP contribution in [0.1, 0.15) is 0 Å². The van der Waals surface area contributed by atoms with Crippen LogP contribution >= 0.6 is 14.1 Å². The van der Waals surface area contributed by atoms with E-state index in [0.717, 1.165) is 4.46 Å². The Bertz CT molecular complexity index is 239. The molecule has 0 fully saturated rings. The number of nitrogen functional groups attached to an aromatic ring is 2. The van der Waals surface area contributed by atoms with Crippen LogP contribution in [0.15, 0.2) is 18.2 Å². The number of hydrogen-bond donors (Lipinski definition) is 2. The summed E-state index contributed by atoms with van der Waals surface area (Å²) in [5.41, 5.74) is 12.6. The molecule has 0 radical (unpaired) electrons. The van der Waals surface area contributed by atoms with Gasteiger partial charge < -0.3 is 0 Å². The maximum atomic E-state index is 5.65. The van der Waals surface area contributed by atoms with E-state index in [1.54, 1.807) is 6.07 Å². The Morgan fingerprint density at radius 1 is 1.30 bits per heavy atom. The Morgan fingerprint density at radius 2 is 2.00 bits per heavy atom. The van der Waals surface area contributed by atoms with Crippen molar-refractivity contribution >= 4 is 43.1 Å². The Labute approximate surface area is 72.8 Å². The fraction of sp³-hybridized carbons (Fsp3) is 0. The number of benzene rings is 1. The van der Waals surface area contributed by atoms with Gasteiger partial charge in [0, 0.05) is 0 Å². The molecule has 54 valence electrons. The molecule has 0 amide bonds. The van der Waals surface area contributed by atoms with E-state index in [9.17, 15) is 0 Å². The zero-order chi connectivity index (χ0) is 7.56. The zero-order valence-corrected chi connectivity index (χ0v) is 8.47. The Morgan fingerprint density at radius 3 is 2.50 bits per heavy atom. The third kappa shape index (κ3) is 1.45. The minimum atomic E-state index is 0.256. The van der Waals surface area contributed by atoms with Crippen molar-refractivity contribution in [3.63, 3.8) is 0 Å². The predicted octanol–water partition coefficient (Wildman–Crippen LogP) is 0.490. The second-order valence-electron chi connectivity index (χ2n) is 1.84. The molecule has 0 saturated carbocycles. The van der Waals surface area contributed by atoms with Gasteiger partial charge in [-0.15, -0.1) is 0 Å². The van der Waals surface area contributed by atoms with Crippen molar-refractivity contribution in [3.05, 3.63) is 18.2 Å². The molecule has 0 atom stereocenters. The van der Waals surface area contributed by atoms with Crippen LogP contribution in [0.25, 0.3) is 0 Å². The van der Waals surface area contributed by atoms with Crippen molar-refractivity contribution in [2.75, 3.05) is 11.5 Å². The fourth-order valence-electron chi connectivity index (χ4n) is 0.628. The predicted molar refractivity (Wildman–Crippen MR) is 49.6 cm³/mol. The second-order valence-corrected chi connectivity index (χ2v) is 4.76. The van der Waals surface area contributed by atoms with Crippen molar-refractivity contribution in [1.29, 1.82) is 0 Å². The monoisotopic (exact) mass is 266 g/mol. The van der Waals surface area contributed by atoms with E-state index in [1.165, 1.54) is 0 Å². The van der Waals surface area contributed by atoms with Crippen LogP contribution in [-0.4, -0.2) is 13.1 Å². The van der Waals surface area contributed by atoms with Gasteiger partial charge in [0.1, 0.15) is 0 Å². The van der Waals surface area contributed by atoms with Gasteiger partial charge in [-0.3, -0.25) is 0 Å². The van der Waals surface area contributed by atoms with E-state index in [4.69, 9.17) is 11.5 Å². The fourth-order valence-corrected chi connectivity index (χ4v) is 2.79. The normalized spacial score (nSPS) is 9.70. The van der Waals surface area contributed by atoms with E-state index < -0.39 is 0 Å². The molecule has 10 heavy (non-hydrogen) atoms. The van der Waals surface area contributed by atoms with Crippen LogP contribution < -0.4 is 15.9 Å². The van der Waals surface area contributed by atoms with Gasteiger partial charge in [-0.05, 0) is 0 Å².